The van der Waals surface area contributed by atoms with Crippen LogP contribution in [0.25, 0.3) is 0 Å². The van der Waals surface area contributed by atoms with Crippen LogP contribution in [0.2, 0.25) is 10.0 Å². The SMILES string of the molecule is O=C(NCCOc1cccc(Cl)c1)Nc1ccc(Cl)c(C(F)(F)F)c1. The van der Waals surface area contributed by atoms with E-state index >= 15 is 0 Å². The van der Waals surface area contributed by atoms with Crippen molar-refractivity contribution in [2.45, 2.75) is 6.18 Å². The lowest BCUT2D eigenvalue weighted by molar-refractivity contribution is -0.137. The summed E-state index contributed by atoms with van der Waals surface area (Å²) in [5, 5.41) is 4.85. The van der Waals surface area contributed by atoms with Crippen LogP contribution in [0.5, 0.6) is 5.75 Å². The number of hydrogen-bond acceptors (Lipinski definition) is 2. The van der Waals surface area contributed by atoms with E-state index in [1.165, 1.54) is 6.07 Å². The van der Waals surface area contributed by atoms with Gasteiger partial charge in [0, 0.05) is 10.7 Å². The minimum Gasteiger partial charge on any atom is -0.492 e. The average Bonchev–Trinajstić information content (AvgIpc) is 2.52. The third-order valence-electron chi connectivity index (χ3n) is 2.98. The first-order valence-corrected chi connectivity index (χ1v) is 7.81. The molecule has 0 aliphatic carbocycles. The fraction of sp³-hybridized carbons (Fsp3) is 0.188. The summed E-state index contributed by atoms with van der Waals surface area (Å²) < 4.78 is 43.7. The van der Waals surface area contributed by atoms with Crippen LogP contribution in [-0.2, 0) is 6.18 Å². The Bertz CT molecular complexity index is 754. The second kappa shape index (κ2) is 8.31. The third kappa shape index (κ3) is 6.03. The van der Waals surface area contributed by atoms with Gasteiger partial charge in [-0.2, -0.15) is 13.2 Å². The van der Waals surface area contributed by atoms with Gasteiger partial charge in [-0.15, -0.1) is 0 Å². The molecule has 0 heterocycles. The number of rotatable bonds is 5. The predicted octanol–water partition coefficient (Wildman–Crippen LogP) is 5.21. The molecule has 0 fully saturated rings. The normalized spacial score (nSPS) is 11.1. The highest BCUT2D eigenvalue weighted by molar-refractivity contribution is 6.31. The van der Waals surface area contributed by atoms with Gasteiger partial charge in [0.05, 0.1) is 17.1 Å². The first-order valence-electron chi connectivity index (χ1n) is 7.05. The Morgan fingerprint density at radius 2 is 1.88 bits per heavy atom. The molecule has 0 radical (unpaired) electrons. The fourth-order valence-electron chi connectivity index (χ4n) is 1.89. The van der Waals surface area contributed by atoms with E-state index in [0.29, 0.717) is 10.8 Å². The zero-order chi connectivity index (χ0) is 18.4. The second-order valence-corrected chi connectivity index (χ2v) is 5.72. The van der Waals surface area contributed by atoms with E-state index < -0.39 is 22.8 Å². The van der Waals surface area contributed by atoms with E-state index in [0.717, 1.165) is 12.1 Å². The van der Waals surface area contributed by atoms with E-state index in [2.05, 4.69) is 10.6 Å². The molecule has 0 aliphatic rings. The maximum atomic E-state index is 12.8. The number of alkyl halides is 3. The number of carbonyl (C=O) groups excluding carboxylic acids is 1. The lowest BCUT2D eigenvalue weighted by atomic mass is 10.2. The molecule has 0 atom stereocenters. The molecule has 0 unspecified atom stereocenters. The number of halogens is 5. The molecular formula is C16H13Cl2F3N2O2. The van der Waals surface area contributed by atoms with Crippen LogP contribution in [0, 0.1) is 0 Å². The topological polar surface area (TPSA) is 50.4 Å². The van der Waals surface area contributed by atoms with Crippen LogP contribution in [0.1, 0.15) is 5.56 Å². The summed E-state index contributed by atoms with van der Waals surface area (Å²) in [4.78, 5) is 11.7. The highest BCUT2D eigenvalue weighted by Crippen LogP contribution is 2.36. The fourth-order valence-corrected chi connectivity index (χ4v) is 2.29. The van der Waals surface area contributed by atoms with Crippen molar-refractivity contribution in [2.24, 2.45) is 0 Å². The molecule has 134 valence electrons. The summed E-state index contributed by atoms with van der Waals surface area (Å²) in [6.45, 7) is 0.320. The van der Waals surface area contributed by atoms with Gasteiger partial charge in [0.25, 0.3) is 0 Å². The standard InChI is InChI=1S/C16H13Cl2F3N2O2/c17-10-2-1-3-12(8-10)25-7-6-22-15(24)23-11-4-5-14(18)13(9-11)16(19,20)21/h1-5,8-9H,6-7H2,(H2,22,23,24). The van der Waals surface area contributed by atoms with E-state index in [9.17, 15) is 18.0 Å². The number of anilines is 1. The summed E-state index contributed by atoms with van der Waals surface area (Å²) in [7, 11) is 0. The van der Waals surface area contributed by atoms with Crippen molar-refractivity contribution < 1.29 is 22.7 Å². The smallest absolute Gasteiger partial charge is 0.417 e. The molecule has 9 heteroatoms. The quantitative estimate of drug-likeness (QED) is 0.685. The van der Waals surface area contributed by atoms with Gasteiger partial charge in [0.15, 0.2) is 0 Å². The zero-order valence-electron chi connectivity index (χ0n) is 12.7. The van der Waals surface area contributed by atoms with E-state index in [-0.39, 0.29) is 18.8 Å². The zero-order valence-corrected chi connectivity index (χ0v) is 14.2. The van der Waals surface area contributed by atoms with Crippen molar-refractivity contribution in [3.63, 3.8) is 0 Å². The van der Waals surface area contributed by atoms with E-state index in [4.69, 9.17) is 27.9 Å². The van der Waals surface area contributed by atoms with Crippen molar-refractivity contribution in [1.29, 1.82) is 0 Å². The summed E-state index contributed by atoms with van der Waals surface area (Å²) in [6.07, 6.45) is -4.60. The number of urea groups is 1. The minimum absolute atomic E-state index is 0.0232. The molecule has 0 saturated carbocycles. The molecule has 2 rings (SSSR count). The number of carbonyl (C=O) groups is 1. The van der Waals surface area contributed by atoms with Crippen molar-refractivity contribution in [1.82, 2.24) is 5.32 Å². The molecule has 2 amide bonds. The molecule has 2 aromatic carbocycles. The Morgan fingerprint density at radius 3 is 2.56 bits per heavy atom. The third-order valence-corrected chi connectivity index (χ3v) is 3.55. The summed E-state index contributed by atoms with van der Waals surface area (Å²) in [6, 6.07) is 9.20. The highest BCUT2D eigenvalue weighted by atomic mass is 35.5. The molecule has 0 aliphatic heterocycles. The highest BCUT2D eigenvalue weighted by Gasteiger charge is 2.33. The van der Waals surface area contributed by atoms with Crippen LogP contribution in [-0.4, -0.2) is 19.2 Å². The molecule has 2 N–H and O–H groups in total. The van der Waals surface area contributed by atoms with Crippen LogP contribution in [0.15, 0.2) is 42.5 Å². The van der Waals surface area contributed by atoms with Crippen LogP contribution >= 0.6 is 23.2 Å². The largest absolute Gasteiger partial charge is 0.492 e. The Morgan fingerprint density at radius 1 is 1.12 bits per heavy atom. The van der Waals surface area contributed by atoms with E-state index in [1.807, 2.05) is 0 Å². The van der Waals surface area contributed by atoms with Crippen molar-refractivity contribution in [3.05, 3.63) is 58.1 Å². The maximum Gasteiger partial charge on any atom is 0.417 e. The number of nitrogens with one attached hydrogen (secondary N) is 2. The maximum absolute atomic E-state index is 12.8. The van der Waals surface area contributed by atoms with Gasteiger partial charge < -0.3 is 15.4 Å². The molecule has 4 nitrogen and oxygen atoms in total. The first-order chi connectivity index (χ1) is 11.8. The molecule has 0 spiro atoms. The predicted molar refractivity (Wildman–Crippen MR) is 90.4 cm³/mol. The molecule has 0 aromatic heterocycles. The van der Waals surface area contributed by atoms with Gasteiger partial charge in [-0.1, -0.05) is 29.3 Å². The van der Waals surface area contributed by atoms with Gasteiger partial charge in [0.1, 0.15) is 12.4 Å². The number of amides is 2. The molecular weight excluding hydrogens is 380 g/mol. The van der Waals surface area contributed by atoms with Crippen molar-refractivity contribution in [3.8, 4) is 5.75 Å². The number of ether oxygens (including phenoxy) is 1. The first kappa shape index (κ1) is 19.2. The Kier molecular flexibility index (Phi) is 6.39. The lowest BCUT2D eigenvalue weighted by Crippen LogP contribution is -2.32. The molecule has 25 heavy (non-hydrogen) atoms. The molecule has 0 saturated heterocycles. The van der Waals surface area contributed by atoms with E-state index in [1.54, 1.807) is 24.3 Å². The average molecular weight is 393 g/mol. The van der Waals surface area contributed by atoms with Gasteiger partial charge in [-0.05, 0) is 36.4 Å². The van der Waals surface area contributed by atoms with Crippen LogP contribution in [0.4, 0.5) is 23.7 Å². The van der Waals surface area contributed by atoms with Crippen molar-refractivity contribution in [2.75, 3.05) is 18.5 Å². The molecule has 2 aromatic rings. The Balaban J connectivity index is 1.82. The lowest BCUT2D eigenvalue weighted by Gasteiger charge is -2.12. The summed E-state index contributed by atoms with van der Waals surface area (Å²) in [5.41, 5.74) is -1.04. The monoisotopic (exact) mass is 392 g/mol. The summed E-state index contributed by atoms with van der Waals surface area (Å²) in [5.74, 6) is 0.544. The van der Waals surface area contributed by atoms with Crippen LogP contribution < -0.4 is 15.4 Å². The number of hydrogen-bond donors (Lipinski definition) is 2. The number of benzene rings is 2. The van der Waals surface area contributed by atoms with Gasteiger partial charge in [-0.25, -0.2) is 4.79 Å². The second-order valence-electron chi connectivity index (χ2n) is 4.88. The Hall–Kier alpha value is -2.12. The minimum atomic E-state index is -4.60. The summed E-state index contributed by atoms with van der Waals surface area (Å²) >= 11 is 11.3. The molecule has 0 bridgehead atoms. The van der Waals surface area contributed by atoms with Gasteiger partial charge in [0.2, 0.25) is 0 Å². The van der Waals surface area contributed by atoms with Crippen molar-refractivity contribution >= 4 is 34.9 Å². The van der Waals surface area contributed by atoms with Gasteiger partial charge >= 0.3 is 12.2 Å². The Labute approximate surface area is 151 Å². The van der Waals surface area contributed by atoms with Crippen LogP contribution in [0.3, 0.4) is 0 Å². The van der Waals surface area contributed by atoms with Gasteiger partial charge in [-0.3, -0.25) is 0 Å².